The van der Waals surface area contributed by atoms with Crippen molar-refractivity contribution in [2.45, 2.75) is 38.7 Å². The lowest BCUT2D eigenvalue weighted by molar-refractivity contribution is -0.142. The number of nitrogens with zero attached hydrogens (tertiary/aromatic N) is 3. The van der Waals surface area contributed by atoms with E-state index in [2.05, 4.69) is 9.97 Å². The fourth-order valence-corrected chi connectivity index (χ4v) is 5.37. The average molecular weight is 650 g/mol. The minimum Gasteiger partial charge on any atom is -0.488 e. The molecule has 6 nitrogen and oxygen atoms in total. The Kier molecular flexibility index (Phi) is 8.97. The maximum atomic E-state index is 13.7. The zero-order chi connectivity index (χ0) is 32.5. The molecule has 236 valence electrons. The molecule has 0 atom stereocenters. The number of halogens is 7. The summed E-state index contributed by atoms with van der Waals surface area (Å²) < 4.78 is 88.1. The van der Waals surface area contributed by atoms with Gasteiger partial charge in [0, 0.05) is 29.9 Å². The van der Waals surface area contributed by atoms with E-state index in [1.807, 2.05) is 0 Å². The van der Waals surface area contributed by atoms with Crippen LogP contribution in [-0.4, -0.2) is 34.1 Å². The maximum Gasteiger partial charge on any atom is 0.417 e. The van der Waals surface area contributed by atoms with Crippen molar-refractivity contribution in [1.29, 1.82) is 0 Å². The van der Waals surface area contributed by atoms with Gasteiger partial charge in [-0.25, -0.2) is 9.97 Å². The first kappa shape index (κ1) is 32.1. The molecule has 13 heteroatoms. The molecule has 0 aliphatic carbocycles. The minimum absolute atomic E-state index is 0.0424. The monoisotopic (exact) mass is 649 g/mol. The molecule has 2 heterocycles. The van der Waals surface area contributed by atoms with Crippen molar-refractivity contribution in [1.82, 2.24) is 9.97 Å². The van der Waals surface area contributed by atoms with E-state index in [0.29, 0.717) is 42.6 Å². The number of aryl methyl sites for hydroxylation is 1. The smallest absolute Gasteiger partial charge is 0.417 e. The molecular weight excluding hydrogens is 624 g/mol. The molecular formula is C32H26ClF6N3O3. The van der Waals surface area contributed by atoms with Crippen molar-refractivity contribution < 1.29 is 41.0 Å². The second-order valence-electron chi connectivity index (χ2n) is 10.7. The molecule has 3 aromatic carbocycles. The van der Waals surface area contributed by atoms with Gasteiger partial charge in [-0.3, -0.25) is 4.79 Å². The molecule has 0 radical (unpaired) electrons. The number of hydrogen-bond donors (Lipinski definition) is 1. The second kappa shape index (κ2) is 12.6. The number of piperidine rings is 1. The summed E-state index contributed by atoms with van der Waals surface area (Å²) in [6.07, 6.45) is -7.07. The van der Waals surface area contributed by atoms with Gasteiger partial charge in [0.15, 0.2) is 0 Å². The van der Waals surface area contributed by atoms with Crippen molar-refractivity contribution >= 4 is 23.5 Å². The van der Waals surface area contributed by atoms with E-state index in [0.717, 1.165) is 18.2 Å². The van der Waals surface area contributed by atoms with Crippen LogP contribution in [0.25, 0.3) is 22.4 Å². The summed E-state index contributed by atoms with van der Waals surface area (Å²) >= 11 is 5.81. The summed E-state index contributed by atoms with van der Waals surface area (Å²) in [4.78, 5) is 21.8. The second-order valence-corrected chi connectivity index (χ2v) is 11.1. The third kappa shape index (κ3) is 7.33. The zero-order valence-electron chi connectivity index (χ0n) is 23.7. The van der Waals surface area contributed by atoms with Crippen LogP contribution in [0.1, 0.15) is 35.1 Å². The van der Waals surface area contributed by atoms with Crippen LogP contribution in [0.15, 0.2) is 66.9 Å². The Morgan fingerprint density at radius 2 is 1.69 bits per heavy atom. The largest absolute Gasteiger partial charge is 0.488 e. The van der Waals surface area contributed by atoms with E-state index in [4.69, 9.17) is 16.3 Å². The summed E-state index contributed by atoms with van der Waals surface area (Å²) in [5, 5.41) is 9.23. The summed E-state index contributed by atoms with van der Waals surface area (Å²) in [6.45, 7) is 2.37. The topological polar surface area (TPSA) is 75.5 Å². The van der Waals surface area contributed by atoms with Crippen LogP contribution in [0.3, 0.4) is 0 Å². The lowest BCUT2D eigenvalue weighted by Crippen LogP contribution is -2.37. The zero-order valence-corrected chi connectivity index (χ0v) is 24.5. The predicted molar refractivity (Wildman–Crippen MR) is 156 cm³/mol. The Morgan fingerprint density at radius 3 is 2.33 bits per heavy atom. The summed E-state index contributed by atoms with van der Waals surface area (Å²) in [6, 6.07) is 12.7. The average Bonchev–Trinajstić information content (AvgIpc) is 2.99. The van der Waals surface area contributed by atoms with Crippen LogP contribution in [0.4, 0.5) is 32.3 Å². The van der Waals surface area contributed by atoms with Crippen molar-refractivity contribution in [3.8, 4) is 28.1 Å². The molecule has 1 aromatic heterocycles. The van der Waals surface area contributed by atoms with Gasteiger partial charge >= 0.3 is 18.3 Å². The summed E-state index contributed by atoms with van der Waals surface area (Å²) in [7, 11) is 0. The van der Waals surface area contributed by atoms with Gasteiger partial charge < -0.3 is 14.7 Å². The van der Waals surface area contributed by atoms with E-state index in [-0.39, 0.29) is 40.1 Å². The molecule has 45 heavy (non-hydrogen) atoms. The summed E-state index contributed by atoms with van der Waals surface area (Å²) in [5.41, 5.74) is -0.0415. The van der Waals surface area contributed by atoms with Crippen LogP contribution < -0.4 is 9.64 Å². The number of benzene rings is 3. The number of alkyl halides is 6. The fourth-order valence-electron chi connectivity index (χ4n) is 5.19. The van der Waals surface area contributed by atoms with Gasteiger partial charge in [-0.15, -0.1) is 0 Å². The lowest BCUT2D eigenvalue weighted by atomic mass is 9.96. The molecule has 0 amide bonds. The molecule has 1 aliphatic rings. The van der Waals surface area contributed by atoms with E-state index >= 15 is 0 Å². The summed E-state index contributed by atoms with van der Waals surface area (Å²) in [5.74, 6) is -0.997. The number of aromatic nitrogens is 2. The van der Waals surface area contributed by atoms with Gasteiger partial charge in [0.2, 0.25) is 5.95 Å². The highest BCUT2D eigenvalue weighted by atomic mass is 35.5. The maximum absolute atomic E-state index is 13.7. The number of carboxylic acids is 1. The van der Waals surface area contributed by atoms with Gasteiger partial charge in [0.05, 0.1) is 22.7 Å². The highest BCUT2D eigenvalue weighted by Gasteiger charge is 2.34. The Labute approximate surface area is 259 Å². The first-order chi connectivity index (χ1) is 21.2. The SMILES string of the molecule is Cc1cc(-c2ccc(Cl)cc2C(F)(F)F)ccc1COc1ccc(C(F)(F)F)cc1-c1ccnc(N2CCC(C(=O)O)CC2)n1. The van der Waals surface area contributed by atoms with Gasteiger partial charge in [0.25, 0.3) is 0 Å². The first-order valence-corrected chi connectivity index (χ1v) is 14.2. The van der Waals surface area contributed by atoms with E-state index < -0.39 is 35.4 Å². The highest BCUT2D eigenvalue weighted by molar-refractivity contribution is 6.30. The molecule has 1 N–H and O–H groups in total. The van der Waals surface area contributed by atoms with Crippen LogP contribution in [0.5, 0.6) is 5.75 Å². The van der Waals surface area contributed by atoms with Gasteiger partial charge in [0.1, 0.15) is 12.4 Å². The Hall–Kier alpha value is -4.32. The molecule has 0 bridgehead atoms. The highest BCUT2D eigenvalue weighted by Crippen LogP contribution is 2.40. The van der Waals surface area contributed by atoms with Gasteiger partial charge in [-0.05, 0) is 78.4 Å². The predicted octanol–water partition coefficient (Wildman–Crippen LogP) is 8.69. The molecule has 5 rings (SSSR count). The molecule has 0 spiro atoms. The van der Waals surface area contributed by atoms with Crippen molar-refractivity contribution in [2.24, 2.45) is 5.92 Å². The van der Waals surface area contributed by atoms with Crippen LogP contribution in [0, 0.1) is 12.8 Å². The Bertz CT molecular complexity index is 1720. The van der Waals surface area contributed by atoms with E-state index in [1.165, 1.54) is 36.5 Å². The molecule has 1 saturated heterocycles. The van der Waals surface area contributed by atoms with Crippen molar-refractivity contribution in [2.75, 3.05) is 18.0 Å². The van der Waals surface area contributed by atoms with E-state index in [1.54, 1.807) is 24.0 Å². The Morgan fingerprint density at radius 1 is 0.956 bits per heavy atom. The number of rotatable bonds is 7. The number of carboxylic acid groups (broad SMARTS) is 1. The number of anilines is 1. The number of ether oxygens (including phenoxy) is 1. The van der Waals surface area contributed by atoms with Gasteiger partial charge in [-0.1, -0.05) is 35.9 Å². The third-order valence-corrected chi connectivity index (χ3v) is 7.91. The molecule has 1 aliphatic heterocycles. The molecule has 4 aromatic rings. The Balaban J connectivity index is 1.42. The molecule has 0 unspecified atom stereocenters. The minimum atomic E-state index is -4.63. The molecule has 1 fully saturated rings. The first-order valence-electron chi connectivity index (χ1n) is 13.8. The van der Waals surface area contributed by atoms with Crippen molar-refractivity contribution in [3.05, 3.63) is 94.1 Å². The lowest BCUT2D eigenvalue weighted by Gasteiger charge is -2.30. The van der Waals surface area contributed by atoms with Crippen LogP contribution >= 0.6 is 11.6 Å². The number of aliphatic carboxylic acids is 1. The number of carbonyl (C=O) groups is 1. The van der Waals surface area contributed by atoms with Crippen LogP contribution in [-0.2, 0) is 23.8 Å². The standard InChI is InChI=1S/C32H26ClF6N3O3/c1-18-14-20(24-6-5-23(33)16-26(24)32(37,38)39)2-3-21(18)17-45-28-7-4-22(31(34,35)36)15-25(28)27-8-11-40-30(41-27)42-12-9-19(10-13-42)29(43)44/h2-8,11,14-16,19H,9-10,12-13,17H2,1H3,(H,43,44). The molecule has 0 saturated carbocycles. The van der Waals surface area contributed by atoms with Crippen LogP contribution in [0.2, 0.25) is 5.02 Å². The fraction of sp³-hybridized carbons (Fsp3) is 0.281. The van der Waals surface area contributed by atoms with Crippen molar-refractivity contribution in [3.63, 3.8) is 0 Å². The van der Waals surface area contributed by atoms with E-state index in [9.17, 15) is 36.2 Å². The normalized spacial score (nSPS) is 14.4. The third-order valence-electron chi connectivity index (χ3n) is 7.68. The quantitative estimate of drug-likeness (QED) is 0.202. The number of hydrogen-bond acceptors (Lipinski definition) is 5. The van der Waals surface area contributed by atoms with Gasteiger partial charge in [-0.2, -0.15) is 26.3 Å².